The molecular formula is C39H42F3N5O7. The Balaban J connectivity index is 1.84. The lowest BCUT2D eigenvalue weighted by atomic mass is 10.0. The van der Waals surface area contributed by atoms with E-state index in [2.05, 4.69) is 16.8 Å². The number of nitrogens with zero attached hydrogens (tertiary/aromatic N) is 4. The van der Waals surface area contributed by atoms with Gasteiger partial charge < -0.3 is 33.7 Å². The number of alkyl halides is 3. The molecule has 3 aromatic rings. The van der Waals surface area contributed by atoms with Gasteiger partial charge in [-0.1, -0.05) is 24.0 Å². The van der Waals surface area contributed by atoms with Gasteiger partial charge in [0.05, 0.1) is 24.0 Å². The summed E-state index contributed by atoms with van der Waals surface area (Å²) in [6.07, 6.45) is 1.71. The molecule has 2 heterocycles. The van der Waals surface area contributed by atoms with Gasteiger partial charge in [0.1, 0.15) is 24.3 Å². The quantitative estimate of drug-likeness (QED) is 0.0812. The van der Waals surface area contributed by atoms with Crippen LogP contribution >= 0.6 is 0 Å². The maximum Gasteiger partial charge on any atom is 0.406 e. The third kappa shape index (κ3) is 12.0. The highest BCUT2D eigenvalue weighted by Crippen LogP contribution is 2.32. The molecule has 4 rings (SSSR count). The lowest BCUT2D eigenvalue weighted by molar-refractivity contribution is -0.160. The van der Waals surface area contributed by atoms with Crippen LogP contribution in [-0.4, -0.2) is 96.5 Å². The monoisotopic (exact) mass is 749 g/mol. The van der Waals surface area contributed by atoms with E-state index in [1.807, 2.05) is 31.2 Å². The summed E-state index contributed by atoms with van der Waals surface area (Å²) < 4.78 is 51.6. The number of carbonyl (C=O) groups excluding carboxylic acids is 3. The van der Waals surface area contributed by atoms with Crippen LogP contribution in [0.2, 0.25) is 0 Å². The van der Waals surface area contributed by atoms with Crippen LogP contribution in [-0.2, 0) is 25.7 Å². The molecule has 1 aliphatic rings. The van der Waals surface area contributed by atoms with Gasteiger partial charge in [-0.3, -0.25) is 24.0 Å². The van der Waals surface area contributed by atoms with Crippen LogP contribution in [0, 0.1) is 17.8 Å². The Morgan fingerprint density at radius 3 is 2.33 bits per heavy atom. The van der Waals surface area contributed by atoms with Crippen molar-refractivity contribution >= 4 is 23.8 Å². The van der Waals surface area contributed by atoms with E-state index in [0.717, 1.165) is 37.1 Å². The van der Waals surface area contributed by atoms with Gasteiger partial charge in [0.15, 0.2) is 13.2 Å². The smallest absolute Gasteiger partial charge is 0.406 e. The number of amides is 2. The second kappa shape index (κ2) is 18.1. The van der Waals surface area contributed by atoms with E-state index in [4.69, 9.17) is 9.47 Å². The molecular weight excluding hydrogens is 707 g/mol. The molecule has 0 spiro atoms. The van der Waals surface area contributed by atoms with E-state index in [9.17, 15) is 37.1 Å². The minimum Gasteiger partial charge on any atom is -0.484 e. The highest BCUT2D eigenvalue weighted by molar-refractivity contribution is 5.78. The SMILES string of the molecule is C[C@H](c1ccc(C#CC2CC2)cc1)N(C)/C(=C\C(=C/C=O)OCC(=O)N(C)CC(F)(F)F)c1cc(OCC(=O)N(C)C)cc(=O)n1Cc1cc[nH]c(=O)c1. The maximum atomic E-state index is 13.9. The summed E-state index contributed by atoms with van der Waals surface area (Å²) in [6.45, 7) is -0.955. The number of halogens is 3. The van der Waals surface area contributed by atoms with Crippen LogP contribution in [0.4, 0.5) is 13.2 Å². The number of allylic oxidation sites excluding steroid dienone is 2. The lowest BCUT2D eigenvalue weighted by Crippen LogP contribution is -2.37. The Labute approximate surface area is 310 Å². The predicted octanol–water partition coefficient (Wildman–Crippen LogP) is 3.97. The summed E-state index contributed by atoms with van der Waals surface area (Å²) in [4.78, 5) is 68.9. The first-order valence-electron chi connectivity index (χ1n) is 17.0. The number of pyridine rings is 2. The van der Waals surface area contributed by atoms with Crippen LogP contribution in [0.5, 0.6) is 5.75 Å². The molecule has 2 aromatic heterocycles. The number of aldehydes is 1. The molecule has 1 aromatic carbocycles. The Hall–Kier alpha value is -6.04. The van der Waals surface area contributed by atoms with Gasteiger partial charge in [0.25, 0.3) is 17.4 Å². The fourth-order valence-electron chi connectivity index (χ4n) is 5.07. The normalized spacial score (nSPS) is 13.6. The van der Waals surface area contributed by atoms with E-state index in [1.165, 1.54) is 39.9 Å². The third-order valence-corrected chi connectivity index (χ3v) is 8.47. The molecule has 54 heavy (non-hydrogen) atoms. The van der Waals surface area contributed by atoms with Crippen LogP contribution < -0.4 is 15.9 Å². The van der Waals surface area contributed by atoms with Crippen molar-refractivity contribution in [1.82, 2.24) is 24.3 Å². The molecule has 1 atom stereocenters. The molecule has 286 valence electrons. The van der Waals surface area contributed by atoms with Crippen LogP contribution in [0.1, 0.15) is 48.2 Å². The number of ether oxygens (including phenoxy) is 2. The molecule has 0 unspecified atom stereocenters. The van der Waals surface area contributed by atoms with Crippen LogP contribution in [0.3, 0.4) is 0 Å². The fraction of sp³-hybridized carbons (Fsp3) is 0.359. The second-order valence-electron chi connectivity index (χ2n) is 13.0. The zero-order valence-corrected chi connectivity index (χ0v) is 30.6. The van der Waals surface area contributed by atoms with E-state index >= 15 is 0 Å². The van der Waals surface area contributed by atoms with Crippen molar-refractivity contribution in [2.24, 2.45) is 5.92 Å². The van der Waals surface area contributed by atoms with Gasteiger partial charge in [-0.05, 0) is 49.1 Å². The number of benzene rings is 1. The average molecular weight is 750 g/mol. The van der Waals surface area contributed by atoms with Gasteiger partial charge >= 0.3 is 6.18 Å². The summed E-state index contributed by atoms with van der Waals surface area (Å²) >= 11 is 0. The Morgan fingerprint density at radius 2 is 1.72 bits per heavy atom. The number of hydrogen-bond donors (Lipinski definition) is 1. The fourth-order valence-corrected chi connectivity index (χ4v) is 5.07. The molecule has 1 fully saturated rings. The molecule has 12 nitrogen and oxygen atoms in total. The van der Waals surface area contributed by atoms with Crippen molar-refractivity contribution in [2.75, 3.05) is 47.9 Å². The minimum atomic E-state index is -4.64. The molecule has 2 amide bonds. The zero-order valence-electron chi connectivity index (χ0n) is 30.6. The van der Waals surface area contributed by atoms with Crippen molar-refractivity contribution in [3.05, 3.63) is 116 Å². The molecule has 1 N–H and O–H groups in total. The molecule has 0 radical (unpaired) electrons. The minimum absolute atomic E-state index is 0.0312. The third-order valence-electron chi connectivity index (χ3n) is 8.47. The number of H-pyrrole nitrogens is 1. The molecule has 0 bridgehead atoms. The Kier molecular flexibility index (Phi) is 13.7. The second-order valence-corrected chi connectivity index (χ2v) is 13.0. The van der Waals surface area contributed by atoms with E-state index < -0.39 is 49.0 Å². The largest absolute Gasteiger partial charge is 0.484 e. The van der Waals surface area contributed by atoms with Gasteiger partial charge in [-0.2, -0.15) is 13.2 Å². The highest BCUT2D eigenvalue weighted by atomic mass is 19.4. The van der Waals surface area contributed by atoms with Crippen molar-refractivity contribution in [1.29, 1.82) is 0 Å². The number of hydrogen-bond acceptors (Lipinski definition) is 8. The summed E-state index contributed by atoms with van der Waals surface area (Å²) in [5, 5.41) is 0. The van der Waals surface area contributed by atoms with Gasteiger partial charge in [0.2, 0.25) is 5.56 Å². The van der Waals surface area contributed by atoms with Crippen molar-refractivity contribution in [2.45, 2.75) is 38.5 Å². The Morgan fingerprint density at radius 1 is 1.02 bits per heavy atom. The molecule has 0 saturated heterocycles. The topological polar surface area (TPSA) is 134 Å². The summed E-state index contributed by atoms with van der Waals surface area (Å²) in [5.74, 6) is 5.28. The van der Waals surface area contributed by atoms with E-state index in [0.29, 0.717) is 22.7 Å². The molecule has 15 heteroatoms. The number of aromatic nitrogens is 2. The number of likely N-dealkylation sites (N-methyl/N-ethyl adjacent to an activating group) is 2. The first-order chi connectivity index (χ1) is 25.5. The van der Waals surface area contributed by atoms with Crippen molar-refractivity contribution in [3.63, 3.8) is 0 Å². The number of carbonyl (C=O) groups is 3. The standard InChI is InChI=1S/C39H42F3N5O7/c1-26(30-12-10-28(11-13-30)9-8-27-6-7-27)46(5)33(19-31(15-17-48)53-24-38(52)45(4)25-39(40,41)42)34-20-32(54-23-37(51)44(2)3)21-36(50)47(34)22-29-14-16-43-35(49)18-29/h10-21,26-27H,6-7,22-25H2,1-5H3,(H,43,49)/b31-15+,33-19-/t26-/m1/s1. The van der Waals surface area contributed by atoms with Gasteiger partial charge in [0, 0.05) is 76.2 Å². The lowest BCUT2D eigenvalue weighted by Gasteiger charge is -2.32. The first kappa shape index (κ1) is 40.7. The molecule has 1 aliphatic carbocycles. The molecule has 0 aliphatic heterocycles. The predicted molar refractivity (Wildman–Crippen MR) is 195 cm³/mol. The van der Waals surface area contributed by atoms with Crippen molar-refractivity contribution < 1.29 is 37.0 Å². The van der Waals surface area contributed by atoms with Gasteiger partial charge in [-0.15, -0.1) is 0 Å². The first-order valence-corrected chi connectivity index (χ1v) is 17.0. The van der Waals surface area contributed by atoms with Crippen LogP contribution in [0.25, 0.3) is 5.70 Å². The highest BCUT2D eigenvalue weighted by Gasteiger charge is 2.31. The summed E-state index contributed by atoms with van der Waals surface area (Å²) in [7, 11) is 5.78. The van der Waals surface area contributed by atoms with E-state index in [-0.39, 0.29) is 35.4 Å². The number of nitrogens with one attached hydrogen (secondary N) is 1. The molecule has 1 saturated carbocycles. The van der Waals surface area contributed by atoms with Crippen molar-refractivity contribution in [3.8, 4) is 17.6 Å². The maximum absolute atomic E-state index is 13.9. The number of aromatic amines is 1. The average Bonchev–Trinajstić information content (AvgIpc) is 3.95. The van der Waals surface area contributed by atoms with Crippen LogP contribution in [0.15, 0.2) is 82.2 Å². The summed E-state index contributed by atoms with van der Waals surface area (Å²) in [5.41, 5.74) is 1.60. The Bertz CT molecular complexity index is 2070. The number of rotatable bonds is 15. The zero-order chi connectivity index (χ0) is 39.6. The van der Waals surface area contributed by atoms with E-state index in [1.54, 1.807) is 32.1 Å². The van der Waals surface area contributed by atoms with Gasteiger partial charge in [-0.25, -0.2) is 0 Å². The summed E-state index contributed by atoms with van der Waals surface area (Å²) in [6, 6.07) is 12.8.